The molecule has 1 amide bonds. The standard InChI is InChI=1S/C25H27N3O4S/c1-12-10-16(14(3)26-24(30)32-25(5,6)7)22-17(11-12)20(29)13(2)21(31-22)18-8-9-19-23(28-18)33-15(4)27-19/h8-11,14H,1-7H3,(H,26,30)/t14-/m1/s1. The molecule has 0 radical (unpaired) electrons. The molecule has 1 atom stereocenters. The number of aryl methyl sites for hydroxylation is 2. The minimum absolute atomic E-state index is 0.122. The van der Waals surface area contributed by atoms with Crippen LogP contribution in [-0.4, -0.2) is 21.7 Å². The van der Waals surface area contributed by atoms with Crippen LogP contribution in [0.25, 0.3) is 32.8 Å². The van der Waals surface area contributed by atoms with E-state index in [-0.39, 0.29) is 5.43 Å². The second-order valence-corrected chi connectivity index (χ2v) is 10.4. The molecule has 1 N–H and O–H groups in total. The van der Waals surface area contributed by atoms with Crippen LogP contribution in [0, 0.1) is 20.8 Å². The number of nitrogens with zero attached hydrogens (tertiary/aromatic N) is 2. The molecule has 0 saturated heterocycles. The average Bonchev–Trinajstić information content (AvgIpc) is 3.08. The van der Waals surface area contributed by atoms with Crippen molar-refractivity contribution in [3.63, 3.8) is 0 Å². The first-order valence-electron chi connectivity index (χ1n) is 10.7. The highest BCUT2D eigenvalue weighted by Gasteiger charge is 2.23. The predicted molar refractivity (Wildman–Crippen MR) is 131 cm³/mol. The molecular weight excluding hydrogens is 438 g/mol. The highest BCUT2D eigenvalue weighted by molar-refractivity contribution is 7.18. The van der Waals surface area contributed by atoms with Crippen molar-refractivity contribution in [1.82, 2.24) is 15.3 Å². The molecule has 0 fully saturated rings. The highest BCUT2D eigenvalue weighted by Crippen LogP contribution is 2.31. The minimum atomic E-state index is -0.616. The number of aromatic nitrogens is 2. The summed E-state index contributed by atoms with van der Waals surface area (Å²) < 4.78 is 11.7. The SMILES string of the molecule is Cc1cc([C@@H](C)NC(=O)OC(C)(C)C)c2oc(-c3ccc4nc(C)sc4n3)c(C)c(=O)c2c1. The molecule has 3 heterocycles. The summed E-state index contributed by atoms with van der Waals surface area (Å²) >= 11 is 1.49. The number of amides is 1. The van der Waals surface area contributed by atoms with E-state index in [0.717, 1.165) is 20.9 Å². The lowest BCUT2D eigenvalue weighted by Gasteiger charge is -2.22. The van der Waals surface area contributed by atoms with Crippen LogP contribution < -0.4 is 10.7 Å². The molecule has 4 aromatic rings. The summed E-state index contributed by atoms with van der Waals surface area (Å²) in [5, 5.41) is 4.24. The van der Waals surface area contributed by atoms with Crippen molar-refractivity contribution < 1.29 is 13.9 Å². The van der Waals surface area contributed by atoms with Gasteiger partial charge < -0.3 is 14.5 Å². The number of rotatable bonds is 3. The summed E-state index contributed by atoms with van der Waals surface area (Å²) in [5.41, 5.74) is 3.16. The molecule has 0 aliphatic heterocycles. The van der Waals surface area contributed by atoms with Crippen molar-refractivity contribution in [3.8, 4) is 11.5 Å². The van der Waals surface area contributed by atoms with Crippen molar-refractivity contribution >= 4 is 38.7 Å². The Kier molecular flexibility index (Phi) is 5.74. The Balaban J connectivity index is 1.85. The summed E-state index contributed by atoms with van der Waals surface area (Å²) in [5.74, 6) is 0.412. The maximum absolute atomic E-state index is 13.3. The van der Waals surface area contributed by atoms with Crippen LogP contribution in [0.3, 0.4) is 0 Å². The van der Waals surface area contributed by atoms with Gasteiger partial charge in [-0.15, -0.1) is 0 Å². The lowest BCUT2D eigenvalue weighted by molar-refractivity contribution is 0.0508. The van der Waals surface area contributed by atoms with Crippen molar-refractivity contribution in [1.29, 1.82) is 0 Å². The second-order valence-electron chi connectivity index (χ2n) is 9.24. The van der Waals surface area contributed by atoms with Gasteiger partial charge in [-0.05, 0) is 72.2 Å². The van der Waals surface area contributed by atoms with Crippen LogP contribution in [0.15, 0.2) is 33.5 Å². The summed E-state index contributed by atoms with van der Waals surface area (Å²) in [6.45, 7) is 12.8. The van der Waals surface area contributed by atoms with Crippen molar-refractivity contribution in [2.75, 3.05) is 0 Å². The number of fused-ring (bicyclic) bond motifs is 2. The number of nitrogens with one attached hydrogen (secondary N) is 1. The largest absolute Gasteiger partial charge is 0.454 e. The maximum Gasteiger partial charge on any atom is 0.408 e. The van der Waals surface area contributed by atoms with Gasteiger partial charge in [-0.3, -0.25) is 4.79 Å². The average molecular weight is 466 g/mol. The third-order valence-electron chi connectivity index (χ3n) is 5.19. The Morgan fingerprint density at radius 3 is 2.58 bits per heavy atom. The van der Waals surface area contributed by atoms with Gasteiger partial charge in [0.05, 0.1) is 16.4 Å². The van der Waals surface area contributed by atoms with Crippen LogP contribution in [0.1, 0.15) is 55.4 Å². The van der Waals surface area contributed by atoms with E-state index in [1.54, 1.807) is 6.92 Å². The van der Waals surface area contributed by atoms with E-state index in [4.69, 9.17) is 9.15 Å². The fourth-order valence-corrected chi connectivity index (χ4v) is 4.53. The number of pyridine rings is 1. The van der Waals surface area contributed by atoms with E-state index < -0.39 is 17.7 Å². The van der Waals surface area contributed by atoms with Crippen LogP contribution >= 0.6 is 11.3 Å². The van der Waals surface area contributed by atoms with E-state index in [1.807, 2.05) is 65.8 Å². The fraction of sp³-hybridized carbons (Fsp3) is 0.360. The lowest BCUT2D eigenvalue weighted by Crippen LogP contribution is -2.34. The molecule has 0 aliphatic carbocycles. The molecule has 33 heavy (non-hydrogen) atoms. The molecule has 0 spiro atoms. The quantitative estimate of drug-likeness (QED) is 0.400. The molecule has 0 aliphatic rings. The predicted octanol–water partition coefficient (Wildman–Crippen LogP) is 5.98. The van der Waals surface area contributed by atoms with Gasteiger partial charge in [-0.25, -0.2) is 14.8 Å². The molecule has 3 aromatic heterocycles. The first-order chi connectivity index (χ1) is 15.4. The number of carbonyl (C=O) groups excluding carboxylic acids is 1. The number of ether oxygens (including phenoxy) is 1. The van der Waals surface area contributed by atoms with Crippen LogP contribution in [0.2, 0.25) is 0 Å². The van der Waals surface area contributed by atoms with E-state index in [2.05, 4.69) is 15.3 Å². The molecule has 4 rings (SSSR count). The van der Waals surface area contributed by atoms with Gasteiger partial charge in [0, 0.05) is 11.1 Å². The highest BCUT2D eigenvalue weighted by atomic mass is 32.1. The van der Waals surface area contributed by atoms with Crippen LogP contribution in [-0.2, 0) is 4.74 Å². The molecule has 172 valence electrons. The molecule has 0 saturated carbocycles. The topological polar surface area (TPSA) is 94.3 Å². The summed E-state index contributed by atoms with van der Waals surface area (Å²) in [4.78, 5) is 35.6. The Morgan fingerprint density at radius 1 is 1.15 bits per heavy atom. The summed E-state index contributed by atoms with van der Waals surface area (Å²) in [6.07, 6.45) is -0.535. The van der Waals surface area contributed by atoms with E-state index in [0.29, 0.717) is 33.6 Å². The second kappa shape index (κ2) is 8.26. The third-order valence-corrected chi connectivity index (χ3v) is 6.07. The van der Waals surface area contributed by atoms with Gasteiger partial charge in [0.2, 0.25) is 0 Å². The van der Waals surface area contributed by atoms with Gasteiger partial charge in [0.1, 0.15) is 27.2 Å². The minimum Gasteiger partial charge on any atom is -0.454 e. The normalized spacial score (nSPS) is 12.8. The summed E-state index contributed by atoms with van der Waals surface area (Å²) in [7, 11) is 0. The van der Waals surface area contributed by atoms with Gasteiger partial charge >= 0.3 is 6.09 Å². The van der Waals surface area contributed by atoms with Gasteiger partial charge in [0.15, 0.2) is 11.2 Å². The Hall–Kier alpha value is -3.26. The molecular formula is C25H27N3O4S. The maximum atomic E-state index is 13.3. The van der Waals surface area contributed by atoms with Gasteiger partial charge in [-0.1, -0.05) is 17.4 Å². The molecule has 0 unspecified atom stereocenters. The van der Waals surface area contributed by atoms with Crippen LogP contribution in [0.4, 0.5) is 4.79 Å². The van der Waals surface area contributed by atoms with Gasteiger partial charge in [0.25, 0.3) is 0 Å². The van der Waals surface area contributed by atoms with E-state index in [9.17, 15) is 9.59 Å². The number of carbonyl (C=O) groups is 1. The van der Waals surface area contributed by atoms with Gasteiger partial charge in [-0.2, -0.15) is 0 Å². The number of thiazole rings is 1. The number of alkyl carbamates (subject to hydrolysis) is 1. The van der Waals surface area contributed by atoms with Crippen molar-refractivity contribution in [2.24, 2.45) is 0 Å². The zero-order valence-corrected chi connectivity index (χ0v) is 20.6. The monoisotopic (exact) mass is 465 g/mol. The first kappa shape index (κ1) is 22.9. The number of hydrogen-bond acceptors (Lipinski definition) is 7. The fourth-order valence-electron chi connectivity index (χ4n) is 3.75. The third kappa shape index (κ3) is 4.61. The number of hydrogen-bond donors (Lipinski definition) is 1. The van der Waals surface area contributed by atoms with Crippen molar-refractivity contribution in [3.05, 3.63) is 56.2 Å². The first-order valence-corrected chi connectivity index (χ1v) is 11.6. The Morgan fingerprint density at radius 2 is 1.88 bits per heavy atom. The lowest BCUT2D eigenvalue weighted by atomic mass is 9.99. The molecule has 7 nitrogen and oxygen atoms in total. The Bertz CT molecular complexity index is 1450. The van der Waals surface area contributed by atoms with E-state index >= 15 is 0 Å². The zero-order valence-electron chi connectivity index (χ0n) is 19.8. The Labute approximate surface area is 195 Å². The number of benzene rings is 1. The summed E-state index contributed by atoms with van der Waals surface area (Å²) in [6, 6.07) is 6.98. The van der Waals surface area contributed by atoms with Crippen LogP contribution in [0.5, 0.6) is 0 Å². The smallest absolute Gasteiger partial charge is 0.408 e. The van der Waals surface area contributed by atoms with Crippen molar-refractivity contribution in [2.45, 2.75) is 60.1 Å². The zero-order chi connectivity index (χ0) is 24.1. The molecule has 1 aromatic carbocycles. The molecule has 0 bridgehead atoms. The molecule has 8 heteroatoms. The van der Waals surface area contributed by atoms with E-state index in [1.165, 1.54) is 11.3 Å².